The molecule has 0 atom stereocenters. The molecule has 0 unspecified atom stereocenters. The van der Waals surface area contributed by atoms with Crippen molar-refractivity contribution in [2.45, 2.75) is 0 Å². The summed E-state index contributed by atoms with van der Waals surface area (Å²) in [7, 11) is 1.58. The van der Waals surface area contributed by atoms with E-state index in [9.17, 15) is 4.79 Å². The van der Waals surface area contributed by atoms with Crippen LogP contribution in [0.15, 0.2) is 27.4 Å². The summed E-state index contributed by atoms with van der Waals surface area (Å²) in [4.78, 5) is 11.1. The number of aryl methyl sites for hydroxylation is 1. The predicted octanol–water partition coefficient (Wildman–Crippen LogP) is 1.00. The highest BCUT2D eigenvalue weighted by molar-refractivity contribution is 5.79. The highest BCUT2D eigenvalue weighted by Crippen LogP contribution is 2.15. The minimum absolute atomic E-state index is 0.447. The van der Waals surface area contributed by atoms with Gasteiger partial charge in [0.2, 0.25) is 0 Å². The van der Waals surface area contributed by atoms with Gasteiger partial charge in [0.15, 0.2) is 5.58 Å². The maximum absolute atomic E-state index is 11.1. The fourth-order valence-corrected chi connectivity index (χ4v) is 1.29. The molecule has 1 heterocycles. The summed E-state index contributed by atoms with van der Waals surface area (Å²) in [5, 5.41) is 8.76. The highest BCUT2D eigenvalue weighted by Gasteiger charge is 2.08. The Hall–Kier alpha value is -2.02. The first-order valence-corrected chi connectivity index (χ1v) is 3.72. The molecule has 1 aromatic heterocycles. The van der Waals surface area contributed by atoms with E-state index in [1.165, 1.54) is 4.57 Å². The van der Waals surface area contributed by atoms with E-state index in [4.69, 9.17) is 9.68 Å². The number of aromatic nitrogens is 1. The second kappa shape index (κ2) is 2.49. The molecule has 0 saturated carbocycles. The van der Waals surface area contributed by atoms with Gasteiger partial charge in [0.1, 0.15) is 11.6 Å². The summed E-state index contributed by atoms with van der Waals surface area (Å²) >= 11 is 0. The average molecular weight is 174 g/mol. The molecule has 2 aromatic rings. The molecule has 4 nitrogen and oxygen atoms in total. The summed E-state index contributed by atoms with van der Waals surface area (Å²) in [5.74, 6) is -0.447. The van der Waals surface area contributed by atoms with E-state index in [2.05, 4.69) is 0 Å². The van der Waals surface area contributed by atoms with Crippen molar-refractivity contribution in [3.63, 3.8) is 0 Å². The van der Waals surface area contributed by atoms with Crippen molar-refractivity contribution in [2.24, 2.45) is 7.05 Å². The molecule has 0 aliphatic carbocycles. The number of hydrogen-bond donors (Lipinski definition) is 0. The summed E-state index contributed by atoms with van der Waals surface area (Å²) in [6, 6.07) is 7.00. The fourth-order valence-electron chi connectivity index (χ4n) is 1.29. The van der Waals surface area contributed by atoms with Gasteiger partial charge in [-0.1, -0.05) is 6.07 Å². The molecular formula is C9H6N2O2. The molecular weight excluding hydrogens is 168 g/mol. The molecule has 2 rings (SSSR count). The van der Waals surface area contributed by atoms with Crippen molar-refractivity contribution in [1.29, 1.82) is 5.26 Å². The van der Waals surface area contributed by atoms with E-state index in [0.29, 0.717) is 16.7 Å². The van der Waals surface area contributed by atoms with Crippen molar-refractivity contribution in [3.05, 3.63) is 34.3 Å². The molecule has 0 amide bonds. The van der Waals surface area contributed by atoms with Gasteiger partial charge in [0.25, 0.3) is 0 Å². The number of nitrogens with zero attached hydrogens (tertiary/aromatic N) is 2. The summed E-state index contributed by atoms with van der Waals surface area (Å²) < 4.78 is 6.22. The number of fused-ring (bicyclic) bond motifs is 1. The molecule has 0 N–H and O–H groups in total. The monoisotopic (exact) mass is 174 g/mol. The smallest absolute Gasteiger partial charge is 0.408 e. The Kier molecular flexibility index (Phi) is 1.46. The van der Waals surface area contributed by atoms with Gasteiger partial charge in [-0.25, -0.2) is 4.79 Å². The van der Waals surface area contributed by atoms with E-state index in [1.807, 2.05) is 6.07 Å². The number of benzene rings is 1. The molecule has 1 aromatic carbocycles. The number of hydrogen-bond acceptors (Lipinski definition) is 3. The van der Waals surface area contributed by atoms with Crippen LogP contribution in [0.4, 0.5) is 0 Å². The lowest BCUT2D eigenvalue weighted by Crippen LogP contribution is -2.08. The lowest BCUT2D eigenvalue weighted by Gasteiger charge is -1.92. The highest BCUT2D eigenvalue weighted by atomic mass is 16.4. The topological polar surface area (TPSA) is 58.9 Å². The Labute approximate surface area is 73.6 Å². The summed E-state index contributed by atoms with van der Waals surface area (Å²) in [5.41, 5.74) is 1.45. The third-order valence-electron chi connectivity index (χ3n) is 1.93. The Morgan fingerprint density at radius 3 is 3.00 bits per heavy atom. The Bertz CT molecular complexity index is 557. The molecule has 0 spiro atoms. The maximum atomic E-state index is 11.1. The third kappa shape index (κ3) is 0.942. The molecule has 13 heavy (non-hydrogen) atoms. The first-order chi connectivity index (χ1) is 6.24. The first kappa shape index (κ1) is 7.62. The minimum atomic E-state index is -0.447. The quantitative estimate of drug-likeness (QED) is 0.598. The largest absolute Gasteiger partial charge is 0.419 e. The van der Waals surface area contributed by atoms with Crippen LogP contribution in [-0.2, 0) is 7.05 Å². The van der Waals surface area contributed by atoms with Crippen molar-refractivity contribution in [1.82, 2.24) is 4.57 Å². The van der Waals surface area contributed by atoms with Crippen LogP contribution >= 0.6 is 0 Å². The minimum Gasteiger partial charge on any atom is -0.408 e. The van der Waals surface area contributed by atoms with Crippen LogP contribution in [0.25, 0.3) is 11.1 Å². The molecule has 64 valence electrons. The summed E-state index contributed by atoms with van der Waals surface area (Å²) in [6.45, 7) is 0. The lowest BCUT2D eigenvalue weighted by atomic mass is 10.2. The van der Waals surface area contributed by atoms with Crippen LogP contribution in [0.3, 0.4) is 0 Å². The first-order valence-electron chi connectivity index (χ1n) is 3.72. The van der Waals surface area contributed by atoms with Crippen LogP contribution in [0.5, 0.6) is 0 Å². The normalized spacial score (nSPS) is 10.2. The van der Waals surface area contributed by atoms with E-state index in [1.54, 1.807) is 25.2 Å². The zero-order valence-electron chi connectivity index (χ0n) is 6.94. The standard InChI is InChI=1S/C9H6N2O2/c1-11-8-6(5-10)3-2-4-7(8)13-9(11)12/h2-4H,1H3. The van der Waals surface area contributed by atoms with Gasteiger partial charge >= 0.3 is 5.76 Å². The second-order valence-corrected chi connectivity index (χ2v) is 2.69. The van der Waals surface area contributed by atoms with E-state index in [-0.39, 0.29) is 0 Å². The van der Waals surface area contributed by atoms with Crippen molar-refractivity contribution in [3.8, 4) is 6.07 Å². The van der Waals surface area contributed by atoms with E-state index >= 15 is 0 Å². The Balaban J connectivity index is 3.06. The van der Waals surface area contributed by atoms with Crippen molar-refractivity contribution >= 4 is 11.1 Å². The van der Waals surface area contributed by atoms with E-state index < -0.39 is 5.76 Å². The number of oxazole rings is 1. The van der Waals surface area contributed by atoms with Gasteiger partial charge in [0.05, 0.1) is 5.56 Å². The molecule has 4 heteroatoms. The van der Waals surface area contributed by atoms with Gasteiger partial charge in [-0.2, -0.15) is 5.26 Å². The van der Waals surface area contributed by atoms with Gasteiger partial charge in [-0.3, -0.25) is 4.57 Å². The maximum Gasteiger partial charge on any atom is 0.419 e. The molecule has 0 radical (unpaired) electrons. The van der Waals surface area contributed by atoms with Crippen LogP contribution in [0.1, 0.15) is 5.56 Å². The lowest BCUT2D eigenvalue weighted by molar-refractivity contribution is 0.528. The van der Waals surface area contributed by atoms with Gasteiger partial charge in [0, 0.05) is 7.05 Å². The predicted molar refractivity (Wildman–Crippen MR) is 46.2 cm³/mol. The van der Waals surface area contributed by atoms with Crippen LogP contribution in [0, 0.1) is 11.3 Å². The van der Waals surface area contributed by atoms with Crippen LogP contribution < -0.4 is 5.76 Å². The van der Waals surface area contributed by atoms with Crippen LogP contribution in [-0.4, -0.2) is 4.57 Å². The Morgan fingerprint density at radius 1 is 1.54 bits per heavy atom. The molecule has 0 saturated heterocycles. The number of para-hydroxylation sites is 1. The van der Waals surface area contributed by atoms with Crippen LogP contribution in [0.2, 0.25) is 0 Å². The summed E-state index contributed by atoms with van der Waals surface area (Å²) in [6.07, 6.45) is 0. The molecule has 0 aliphatic rings. The SMILES string of the molecule is Cn1c(=O)oc2cccc(C#N)c21. The fraction of sp³-hybridized carbons (Fsp3) is 0.111. The van der Waals surface area contributed by atoms with Gasteiger partial charge < -0.3 is 4.42 Å². The zero-order chi connectivity index (χ0) is 9.42. The second-order valence-electron chi connectivity index (χ2n) is 2.69. The number of nitriles is 1. The molecule has 0 bridgehead atoms. The zero-order valence-corrected chi connectivity index (χ0v) is 6.94. The molecule has 0 fully saturated rings. The number of rotatable bonds is 0. The third-order valence-corrected chi connectivity index (χ3v) is 1.93. The van der Waals surface area contributed by atoms with Gasteiger partial charge in [-0.15, -0.1) is 0 Å². The van der Waals surface area contributed by atoms with E-state index in [0.717, 1.165) is 0 Å². The molecule has 0 aliphatic heterocycles. The Morgan fingerprint density at radius 2 is 2.31 bits per heavy atom. The van der Waals surface area contributed by atoms with Crippen molar-refractivity contribution in [2.75, 3.05) is 0 Å². The average Bonchev–Trinajstić information content (AvgIpc) is 2.43. The van der Waals surface area contributed by atoms with Gasteiger partial charge in [-0.05, 0) is 12.1 Å². The van der Waals surface area contributed by atoms with Crippen molar-refractivity contribution < 1.29 is 4.42 Å².